The molecule has 140 valence electrons. The van der Waals surface area contributed by atoms with Crippen molar-refractivity contribution >= 4 is 29.9 Å². The highest BCUT2D eigenvalue weighted by molar-refractivity contribution is 14.0. The third-order valence-electron chi connectivity index (χ3n) is 5.61. The van der Waals surface area contributed by atoms with Gasteiger partial charge in [-0.1, -0.05) is 19.9 Å². The molecule has 0 amide bonds. The van der Waals surface area contributed by atoms with Gasteiger partial charge < -0.3 is 19.7 Å². The minimum absolute atomic E-state index is 0. The Morgan fingerprint density at radius 2 is 1.84 bits per heavy atom. The predicted molar refractivity (Wildman–Crippen MR) is 112 cm³/mol. The highest BCUT2D eigenvalue weighted by Crippen LogP contribution is 2.46. The maximum absolute atomic E-state index is 5.77. The molecule has 1 saturated heterocycles. The first-order chi connectivity index (χ1) is 11.3. The van der Waals surface area contributed by atoms with Crippen molar-refractivity contribution in [1.82, 2.24) is 10.2 Å². The quantitative estimate of drug-likeness (QED) is 0.417. The van der Waals surface area contributed by atoms with Gasteiger partial charge in [-0.25, -0.2) is 0 Å². The summed E-state index contributed by atoms with van der Waals surface area (Å²) in [5.41, 5.74) is 1.55. The van der Waals surface area contributed by atoms with Crippen molar-refractivity contribution in [3.8, 4) is 11.5 Å². The topological polar surface area (TPSA) is 46.1 Å². The maximum Gasteiger partial charge on any atom is 0.194 e. The van der Waals surface area contributed by atoms with Gasteiger partial charge in [-0.2, -0.15) is 0 Å². The van der Waals surface area contributed by atoms with Gasteiger partial charge in [0.25, 0.3) is 0 Å². The average molecular weight is 459 g/mol. The Morgan fingerprint density at radius 3 is 2.44 bits per heavy atom. The summed E-state index contributed by atoms with van der Waals surface area (Å²) in [6.07, 6.45) is 0.925. The molecule has 0 radical (unpaired) electrons. The molecular weight excluding hydrogens is 429 g/mol. The molecule has 0 saturated carbocycles. The monoisotopic (exact) mass is 459 g/mol. The van der Waals surface area contributed by atoms with Crippen molar-refractivity contribution < 1.29 is 9.47 Å². The largest absolute Gasteiger partial charge is 0.490 e. The molecular formula is C19H30IN3O2. The molecule has 5 nitrogen and oxygen atoms in total. The van der Waals surface area contributed by atoms with Crippen LogP contribution in [-0.2, 0) is 6.54 Å². The molecule has 0 atom stereocenters. The minimum Gasteiger partial charge on any atom is -0.490 e. The minimum atomic E-state index is 0. The first-order valence-electron chi connectivity index (χ1n) is 8.72. The van der Waals surface area contributed by atoms with Crippen LogP contribution in [0, 0.1) is 5.41 Å². The van der Waals surface area contributed by atoms with Gasteiger partial charge in [-0.05, 0) is 31.5 Å². The molecule has 2 aliphatic heterocycles. The molecule has 1 fully saturated rings. The van der Waals surface area contributed by atoms with E-state index in [1.165, 1.54) is 0 Å². The molecule has 1 aromatic rings. The van der Waals surface area contributed by atoms with Gasteiger partial charge >= 0.3 is 0 Å². The van der Waals surface area contributed by atoms with Gasteiger partial charge in [0.15, 0.2) is 17.5 Å². The number of fused-ring (bicyclic) bond motifs is 1. The van der Waals surface area contributed by atoms with Gasteiger partial charge in [0.05, 0.1) is 13.2 Å². The number of nitrogens with zero attached hydrogens (tertiary/aromatic N) is 2. The van der Waals surface area contributed by atoms with Crippen LogP contribution >= 0.6 is 24.0 Å². The molecule has 0 unspecified atom stereocenters. The Labute approximate surface area is 168 Å². The number of likely N-dealkylation sites (tertiary alicyclic amines) is 1. The zero-order valence-corrected chi connectivity index (χ0v) is 18.2. The lowest BCUT2D eigenvalue weighted by Gasteiger charge is -2.62. The lowest BCUT2D eigenvalue weighted by Crippen LogP contribution is -2.72. The summed E-state index contributed by atoms with van der Waals surface area (Å²) in [5.74, 6) is 2.63. The molecule has 2 heterocycles. The molecule has 0 spiro atoms. The van der Waals surface area contributed by atoms with E-state index in [4.69, 9.17) is 9.47 Å². The SMILES string of the molecule is CN=C(NCc1ccc2c(c1)OCCCO2)N1CC(C)(C)C1(C)C.I. The van der Waals surface area contributed by atoms with Crippen molar-refractivity contribution in [2.24, 2.45) is 10.4 Å². The molecule has 1 N–H and O–H groups in total. The number of aliphatic imine (C=N–C) groups is 1. The molecule has 1 aromatic carbocycles. The summed E-state index contributed by atoms with van der Waals surface area (Å²) in [4.78, 5) is 6.81. The van der Waals surface area contributed by atoms with E-state index in [9.17, 15) is 0 Å². The van der Waals surface area contributed by atoms with E-state index in [2.05, 4.69) is 55.0 Å². The third-order valence-corrected chi connectivity index (χ3v) is 5.61. The molecule has 6 heteroatoms. The number of ether oxygens (including phenoxy) is 2. The summed E-state index contributed by atoms with van der Waals surface area (Å²) >= 11 is 0. The van der Waals surface area contributed by atoms with E-state index >= 15 is 0 Å². The van der Waals surface area contributed by atoms with Crippen LogP contribution in [0.25, 0.3) is 0 Å². The standard InChI is InChI=1S/C19H29N3O2.HI/c1-18(2)13-22(19(18,3)4)17(20-5)21-12-14-7-8-15-16(11-14)24-10-6-9-23-15;/h7-8,11H,6,9-10,12-13H2,1-5H3,(H,20,21);1H. The van der Waals surface area contributed by atoms with Crippen molar-refractivity contribution in [3.63, 3.8) is 0 Å². The number of hydrogen-bond acceptors (Lipinski definition) is 3. The lowest BCUT2D eigenvalue weighted by molar-refractivity contribution is -0.0667. The van der Waals surface area contributed by atoms with E-state index in [1.807, 2.05) is 13.1 Å². The molecule has 25 heavy (non-hydrogen) atoms. The summed E-state index contributed by atoms with van der Waals surface area (Å²) in [6, 6.07) is 6.14. The summed E-state index contributed by atoms with van der Waals surface area (Å²) in [6.45, 7) is 12.3. The fourth-order valence-corrected chi connectivity index (χ4v) is 3.19. The first-order valence-corrected chi connectivity index (χ1v) is 8.72. The second kappa shape index (κ2) is 7.60. The molecule has 0 bridgehead atoms. The number of nitrogens with one attached hydrogen (secondary N) is 1. The number of benzene rings is 1. The fourth-order valence-electron chi connectivity index (χ4n) is 3.19. The molecule has 0 aromatic heterocycles. The van der Waals surface area contributed by atoms with Gasteiger partial charge in [-0.3, -0.25) is 4.99 Å². The van der Waals surface area contributed by atoms with E-state index < -0.39 is 0 Å². The zero-order chi connectivity index (χ0) is 17.4. The van der Waals surface area contributed by atoms with Gasteiger partial charge in [-0.15, -0.1) is 24.0 Å². The van der Waals surface area contributed by atoms with E-state index in [0.717, 1.165) is 49.1 Å². The van der Waals surface area contributed by atoms with Gasteiger partial charge in [0.1, 0.15) is 0 Å². The van der Waals surface area contributed by atoms with Crippen molar-refractivity contribution in [1.29, 1.82) is 0 Å². The van der Waals surface area contributed by atoms with Gasteiger partial charge in [0, 0.05) is 37.5 Å². The van der Waals surface area contributed by atoms with E-state index in [1.54, 1.807) is 0 Å². The Bertz CT molecular complexity index is 644. The van der Waals surface area contributed by atoms with Crippen LogP contribution in [0.4, 0.5) is 0 Å². The van der Waals surface area contributed by atoms with Crippen molar-refractivity contribution in [3.05, 3.63) is 23.8 Å². The van der Waals surface area contributed by atoms with Crippen LogP contribution in [0.1, 0.15) is 39.7 Å². The molecule has 0 aliphatic carbocycles. The summed E-state index contributed by atoms with van der Waals surface area (Å²) in [5, 5.41) is 3.48. The van der Waals surface area contributed by atoms with Crippen molar-refractivity contribution in [2.75, 3.05) is 26.8 Å². The fraction of sp³-hybridized carbons (Fsp3) is 0.632. The Morgan fingerprint density at radius 1 is 1.16 bits per heavy atom. The highest BCUT2D eigenvalue weighted by atomic mass is 127. The summed E-state index contributed by atoms with van der Waals surface area (Å²) < 4.78 is 11.5. The third kappa shape index (κ3) is 3.83. The molecule has 2 aliphatic rings. The van der Waals surface area contributed by atoms with Gasteiger partial charge in [0.2, 0.25) is 0 Å². The Hall–Kier alpha value is -1.18. The zero-order valence-electron chi connectivity index (χ0n) is 15.9. The van der Waals surface area contributed by atoms with E-state index in [-0.39, 0.29) is 29.5 Å². The van der Waals surface area contributed by atoms with Crippen LogP contribution in [0.15, 0.2) is 23.2 Å². The van der Waals surface area contributed by atoms with Crippen LogP contribution in [0.3, 0.4) is 0 Å². The number of rotatable bonds is 2. The van der Waals surface area contributed by atoms with Crippen LogP contribution in [0.5, 0.6) is 11.5 Å². The van der Waals surface area contributed by atoms with E-state index in [0.29, 0.717) is 12.0 Å². The number of guanidine groups is 1. The summed E-state index contributed by atoms with van der Waals surface area (Å²) in [7, 11) is 1.84. The normalized spacial score (nSPS) is 20.8. The second-order valence-electron chi connectivity index (χ2n) is 7.76. The average Bonchev–Trinajstić information content (AvgIpc) is 2.79. The second-order valence-corrected chi connectivity index (χ2v) is 7.76. The molecule has 3 rings (SSSR count). The number of hydrogen-bond donors (Lipinski definition) is 1. The predicted octanol–water partition coefficient (Wildman–Crippen LogP) is 3.66. The number of halogens is 1. The highest BCUT2D eigenvalue weighted by Gasteiger charge is 2.53. The smallest absolute Gasteiger partial charge is 0.194 e. The van der Waals surface area contributed by atoms with Crippen molar-refractivity contribution in [2.45, 2.75) is 46.2 Å². The van der Waals surface area contributed by atoms with Crippen LogP contribution in [-0.4, -0.2) is 43.2 Å². The lowest BCUT2D eigenvalue weighted by atomic mass is 9.65. The Balaban J connectivity index is 0.00000225. The first kappa shape index (κ1) is 20.1. The van der Waals surface area contributed by atoms with Crippen LogP contribution in [0.2, 0.25) is 0 Å². The van der Waals surface area contributed by atoms with Crippen LogP contribution < -0.4 is 14.8 Å². The Kier molecular flexibility index (Phi) is 6.12. The maximum atomic E-state index is 5.77.